The number of hydrogen-bond acceptors (Lipinski definition) is 1. The number of hydrogen-bond donors (Lipinski definition) is 1. The van der Waals surface area contributed by atoms with Gasteiger partial charge in [-0.3, -0.25) is 0 Å². The molecular weight excluding hydrogens is 212 g/mol. The highest BCUT2D eigenvalue weighted by Gasteiger charge is 2.07. The van der Waals surface area contributed by atoms with E-state index in [1.165, 1.54) is 17.6 Å². The lowest BCUT2D eigenvalue weighted by Gasteiger charge is -1.94. The summed E-state index contributed by atoms with van der Waals surface area (Å²) in [6, 6.07) is 7.85. The summed E-state index contributed by atoms with van der Waals surface area (Å²) in [4.78, 5) is 0.979. The Hall–Kier alpha value is -1.47. The molecule has 0 spiro atoms. The fraction of sp³-hybridized carbons (Fsp3) is 0.0667. The minimum atomic E-state index is 0.979. The van der Waals surface area contributed by atoms with Crippen LogP contribution in [0, 0.1) is 0 Å². The molecule has 0 saturated carbocycles. The average molecular weight is 226 g/mol. The Bertz CT molecular complexity index is 470. The molecule has 0 atom stereocenters. The molecule has 0 aromatic heterocycles. The maximum atomic E-state index is 4.21. The van der Waals surface area contributed by atoms with Gasteiger partial charge in [-0.05, 0) is 29.2 Å². The molecule has 0 nitrogen and oxygen atoms in total. The van der Waals surface area contributed by atoms with Gasteiger partial charge < -0.3 is 0 Å². The zero-order valence-corrected chi connectivity index (χ0v) is 9.95. The first-order chi connectivity index (χ1) is 7.79. The van der Waals surface area contributed by atoms with E-state index in [1.54, 1.807) is 6.08 Å². The van der Waals surface area contributed by atoms with Crippen molar-refractivity contribution in [3.8, 4) is 0 Å². The largest absolute Gasteiger partial charge is 0.143 e. The summed E-state index contributed by atoms with van der Waals surface area (Å²) in [5.74, 6) is 0. The van der Waals surface area contributed by atoms with Crippen LogP contribution in [0.15, 0.2) is 71.2 Å². The second kappa shape index (κ2) is 5.04. The van der Waals surface area contributed by atoms with Crippen molar-refractivity contribution in [1.82, 2.24) is 0 Å². The van der Waals surface area contributed by atoms with Gasteiger partial charge in [0, 0.05) is 4.90 Å². The SMILES string of the molecule is C1=CC2=CC=C1C2.C=Cc1ccccc1S. The summed E-state index contributed by atoms with van der Waals surface area (Å²) in [5.41, 5.74) is 4.02. The Morgan fingerprint density at radius 3 is 2.00 bits per heavy atom. The second-order valence-corrected chi connectivity index (χ2v) is 4.24. The van der Waals surface area contributed by atoms with E-state index in [9.17, 15) is 0 Å². The van der Waals surface area contributed by atoms with Crippen molar-refractivity contribution in [2.24, 2.45) is 0 Å². The smallest absolute Gasteiger partial charge is 0.0112 e. The predicted molar refractivity (Wildman–Crippen MR) is 73.7 cm³/mol. The van der Waals surface area contributed by atoms with E-state index in [0.29, 0.717) is 0 Å². The molecule has 3 rings (SSSR count). The van der Waals surface area contributed by atoms with Crippen molar-refractivity contribution in [1.29, 1.82) is 0 Å². The van der Waals surface area contributed by atoms with E-state index >= 15 is 0 Å². The third-order valence-corrected chi connectivity index (χ3v) is 3.00. The van der Waals surface area contributed by atoms with Crippen LogP contribution in [0.3, 0.4) is 0 Å². The molecule has 2 aliphatic rings. The lowest BCUT2D eigenvalue weighted by molar-refractivity contribution is 1.32. The van der Waals surface area contributed by atoms with E-state index < -0.39 is 0 Å². The first-order valence-corrected chi connectivity index (χ1v) is 5.72. The van der Waals surface area contributed by atoms with E-state index in [2.05, 4.69) is 43.5 Å². The molecule has 0 heterocycles. The Balaban J connectivity index is 0.000000123. The van der Waals surface area contributed by atoms with Crippen LogP contribution < -0.4 is 0 Å². The lowest BCUT2D eigenvalue weighted by Crippen LogP contribution is -1.71. The van der Waals surface area contributed by atoms with Gasteiger partial charge in [-0.2, -0.15) is 0 Å². The normalized spacial score (nSPS) is 15.1. The fourth-order valence-electron chi connectivity index (χ4n) is 1.67. The molecule has 0 unspecified atom stereocenters. The van der Waals surface area contributed by atoms with Gasteiger partial charge >= 0.3 is 0 Å². The predicted octanol–water partition coefficient (Wildman–Crippen LogP) is 4.43. The summed E-state index contributed by atoms with van der Waals surface area (Å²) in [5, 5.41) is 0. The topological polar surface area (TPSA) is 0 Å². The molecule has 1 heteroatoms. The summed E-state index contributed by atoms with van der Waals surface area (Å²) in [7, 11) is 0. The number of benzene rings is 1. The van der Waals surface area contributed by atoms with Gasteiger partial charge in [0.25, 0.3) is 0 Å². The van der Waals surface area contributed by atoms with Crippen LogP contribution in [0.5, 0.6) is 0 Å². The minimum absolute atomic E-state index is 0.979. The average Bonchev–Trinajstić information content (AvgIpc) is 2.95. The van der Waals surface area contributed by atoms with Gasteiger partial charge in [0.15, 0.2) is 0 Å². The van der Waals surface area contributed by atoms with Crippen LogP contribution in [0.2, 0.25) is 0 Å². The summed E-state index contributed by atoms with van der Waals surface area (Å²) in [6.07, 6.45) is 11.7. The lowest BCUT2D eigenvalue weighted by atomic mass is 10.2. The van der Waals surface area contributed by atoms with Crippen LogP contribution in [0.1, 0.15) is 12.0 Å². The molecule has 0 N–H and O–H groups in total. The second-order valence-electron chi connectivity index (χ2n) is 3.76. The highest BCUT2D eigenvalue weighted by atomic mass is 32.1. The standard InChI is InChI=1S/C8H8S.C7H6/c1-2-7-5-3-4-6-8(7)9;1-2-7-4-3-6(1)5-7/h2-6,9H,1H2;1-4H,5H2. The third-order valence-electron chi connectivity index (χ3n) is 2.59. The van der Waals surface area contributed by atoms with Crippen LogP contribution in [0.4, 0.5) is 0 Å². The van der Waals surface area contributed by atoms with Crippen molar-refractivity contribution in [3.05, 3.63) is 71.9 Å². The molecular formula is C15H14S. The van der Waals surface area contributed by atoms with Crippen LogP contribution in [0.25, 0.3) is 6.08 Å². The summed E-state index contributed by atoms with van der Waals surface area (Å²) >= 11 is 4.21. The zero-order chi connectivity index (χ0) is 11.4. The molecule has 0 amide bonds. The Labute approximate surface area is 102 Å². The zero-order valence-electron chi connectivity index (χ0n) is 9.06. The van der Waals surface area contributed by atoms with Crippen LogP contribution >= 0.6 is 12.6 Å². The Kier molecular flexibility index (Phi) is 3.47. The molecule has 0 fully saturated rings. The van der Waals surface area contributed by atoms with Crippen molar-refractivity contribution in [3.63, 3.8) is 0 Å². The quantitative estimate of drug-likeness (QED) is 0.673. The van der Waals surface area contributed by atoms with Crippen LogP contribution in [-0.4, -0.2) is 0 Å². The van der Waals surface area contributed by atoms with Crippen molar-refractivity contribution in [2.75, 3.05) is 0 Å². The van der Waals surface area contributed by atoms with Crippen LogP contribution in [-0.2, 0) is 0 Å². The Morgan fingerprint density at radius 2 is 1.69 bits per heavy atom. The molecule has 0 saturated heterocycles. The maximum Gasteiger partial charge on any atom is 0.0112 e. The molecule has 2 aliphatic carbocycles. The molecule has 2 bridgehead atoms. The van der Waals surface area contributed by atoms with Crippen molar-refractivity contribution in [2.45, 2.75) is 11.3 Å². The maximum absolute atomic E-state index is 4.21. The minimum Gasteiger partial charge on any atom is -0.143 e. The molecule has 16 heavy (non-hydrogen) atoms. The Morgan fingerprint density at radius 1 is 1.06 bits per heavy atom. The van der Waals surface area contributed by atoms with Gasteiger partial charge in [-0.25, -0.2) is 0 Å². The molecule has 80 valence electrons. The summed E-state index contributed by atoms with van der Waals surface area (Å²) < 4.78 is 0. The monoisotopic (exact) mass is 226 g/mol. The van der Waals surface area contributed by atoms with E-state index in [-0.39, 0.29) is 0 Å². The molecule has 0 radical (unpaired) electrons. The first-order valence-electron chi connectivity index (χ1n) is 5.28. The molecule has 1 aromatic rings. The number of fused-ring (bicyclic) bond motifs is 2. The van der Waals surface area contributed by atoms with Gasteiger partial charge in [-0.1, -0.05) is 55.2 Å². The van der Waals surface area contributed by atoms with Gasteiger partial charge in [0.1, 0.15) is 0 Å². The number of rotatable bonds is 1. The highest BCUT2D eigenvalue weighted by Crippen LogP contribution is 2.27. The van der Waals surface area contributed by atoms with Gasteiger partial charge in [0.05, 0.1) is 0 Å². The van der Waals surface area contributed by atoms with E-state index in [1.807, 2.05) is 24.3 Å². The number of thiol groups is 1. The van der Waals surface area contributed by atoms with Gasteiger partial charge in [0.2, 0.25) is 0 Å². The molecule has 1 aromatic carbocycles. The first kappa shape index (κ1) is 11.0. The number of allylic oxidation sites excluding steroid dienone is 6. The highest BCUT2D eigenvalue weighted by molar-refractivity contribution is 7.80. The molecule has 0 aliphatic heterocycles. The third kappa shape index (κ3) is 2.56. The van der Waals surface area contributed by atoms with Crippen molar-refractivity contribution >= 4 is 18.7 Å². The van der Waals surface area contributed by atoms with E-state index in [0.717, 1.165) is 10.5 Å². The summed E-state index contributed by atoms with van der Waals surface area (Å²) in [6.45, 7) is 3.64. The van der Waals surface area contributed by atoms with Gasteiger partial charge in [-0.15, -0.1) is 12.6 Å². The fourth-order valence-corrected chi connectivity index (χ4v) is 1.92. The van der Waals surface area contributed by atoms with Crippen molar-refractivity contribution < 1.29 is 0 Å². The van der Waals surface area contributed by atoms with E-state index in [4.69, 9.17) is 0 Å².